The van der Waals surface area contributed by atoms with Gasteiger partial charge in [-0.05, 0) is 72.9 Å². The number of hydrogen-bond acceptors (Lipinski definition) is 3. The van der Waals surface area contributed by atoms with E-state index in [-0.39, 0.29) is 24.3 Å². The summed E-state index contributed by atoms with van der Waals surface area (Å²) in [5.74, 6) is 0.359. The van der Waals surface area contributed by atoms with E-state index in [0.29, 0.717) is 27.7 Å². The summed E-state index contributed by atoms with van der Waals surface area (Å²) in [6.07, 6.45) is 0. The quantitative estimate of drug-likeness (QED) is 0.440. The molecule has 3 rings (SSSR count). The number of hydrogen-bond donors (Lipinski definition) is 2. The van der Waals surface area contributed by atoms with Crippen LogP contribution in [0.3, 0.4) is 0 Å². The van der Waals surface area contributed by atoms with Gasteiger partial charge in [0.05, 0.1) is 0 Å². The Hall–Kier alpha value is -3.31. The fraction of sp³-hybridized carbons (Fsp3) is 0.231. The molecule has 0 bridgehead atoms. The monoisotopic (exact) mass is 450 g/mol. The molecular weight excluding hydrogens is 424 g/mol. The predicted octanol–water partition coefficient (Wildman–Crippen LogP) is 6.35. The van der Waals surface area contributed by atoms with E-state index in [2.05, 4.69) is 10.6 Å². The first-order valence-electron chi connectivity index (χ1n) is 10.4. The molecule has 2 N–H and O–H groups in total. The van der Waals surface area contributed by atoms with E-state index in [1.54, 1.807) is 30.3 Å². The second kappa shape index (κ2) is 10.3. The lowest BCUT2D eigenvalue weighted by atomic mass is 10.0. The highest BCUT2D eigenvalue weighted by molar-refractivity contribution is 6.31. The highest BCUT2D eigenvalue weighted by Crippen LogP contribution is 2.32. The van der Waals surface area contributed by atoms with Crippen LogP contribution in [0.1, 0.15) is 46.8 Å². The van der Waals surface area contributed by atoms with Crippen LogP contribution in [0, 0.1) is 13.8 Å². The molecule has 166 valence electrons. The maximum Gasteiger partial charge on any atom is 0.262 e. The van der Waals surface area contributed by atoms with Gasteiger partial charge in [-0.2, -0.15) is 0 Å². The Morgan fingerprint density at radius 3 is 2.25 bits per heavy atom. The molecule has 0 aliphatic heterocycles. The molecule has 3 aromatic rings. The number of carbonyl (C=O) groups excluding carboxylic acids is 2. The molecule has 0 spiro atoms. The van der Waals surface area contributed by atoms with Crippen LogP contribution in [0.25, 0.3) is 0 Å². The Labute approximate surface area is 193 Å². The first-order chi connectivity index (χ1) is 15.3. The van der Waals surface area contributed by atoms with Gasteiger partial charge < -0.3 is 15.4 Å². The molecule has 3 aromatic carbocycles. The number of halogens is 1. The minimum atomic E-state index is -0.290. The summed E-state index contributed by atoms with van der Waals surface area (Å²) in [6.45, 7) is 7.70. The zero-order valence-electron chi connectivity index (χ0n) is 18.7. The topological polar surface area (TPSA) is 67.4 Å². The molecule has 2 amide bonds. The van der Waals surface area contributed by atoms with E-state index in [4.69, 9.17) is 16.3 Å². The number of ether oxygens (including phenoxy) is 1. The van der Waals surface area contributed by atoms with Crippen molar-refractivity contribution in [1.29, 1.82) is 0 Å². The van der Waals surface area contributed by atoms with Gasteiger partial charge in [0.2, 0.25) is 0 Å². The second-order valence-electron chi connectivity index (χ2n) is 7.93. The zero-order chi connectivity index (χ0) is 23.3. The Balaban J connectivity index is 1.68. The van der Waals surface area contributed by atoms with Gasteiger partial charge in [-0.1, -0.05) is 49.7 Å². The molecule has 0 aliphatic rings. The molecule has 0 unspecified atom stereocenters. The van der Waals surface area contributed by atoms with Gasteiger partial charge >= 0.3 is 0 Å². The number of rotatable bonds is 7. The molecule has 0 aromatic heterocycles. The average molecular weight is 451 g/mol. The number of amides is 2. The molecule has 0 heterocycles. The highest BCUT2D eigenvalue weighted by atomic mass is 35.5. The van der Waals surface area contributed by atoms with Crippen LogP contribution in [0.2, 0.25) is 5.02 Å². The first-order valence-corrected chi connectivity index (χ1v) is 10.8. The highest BCUT2D eigenvalue weighted by Gasteiger charge is 2.14. The Morgan fingerprint density at radius 2 is 1.59 bits per heavy atom. The van der Waals surface area contributed by atoms with Crippen LogP contribution >= 0.6 is 11.6 Å². The normalized spacial score (nSPS) is 10.7. The van der Waals surface area contributed by atoms with Crippen LogP contribution < -0.4 is 15.4 Å². The van der Waals surface area contributed by atoms with Crippen molar-refractivity contribution in [3.05, 3.63) is 87.9 Å². The molecule has 0 saturated carbocycles. The van der Waals surface area contributed by atoms with Crippen molar-refractivity contribution in [2.75, 3.05) is 17.2 Å². The van der Waals surface area contributed by atoms with Crippen molar-refractivity contribution in [2.45, 2.75) is 33.6 Å². The lowest BCUT2D eigenvalue weighted by Gasteiger charge is -2.17. The first kappa shape index (κ1) is 23.4. The fourth-order valence-electron chi connectivity index (χ4n) is 3.27. The number of carbonyl (C=O) groups is 2. The summed E-state index contributed by atoms with van der Waals surface area (Å²) in [5.41, 5.74) is 4.41. The molecule has 0 aliphatic carbocycles. The Kier molecular flexibility index (Phi) is 7.54. The van der Waals surface area contributed by atoms with Crippen molar-refractivity contribution in [3.63, 3.8) is 0 Å². The Morgan fingerprint density at radius 1 is 0.938 bits per heavy atom. The van der Waals surface area contributed by atoms with Crippen LogP contribution in [0.15, 0.2) is 60.7 Å². The van der Waals surface area contributed by atoms with Crippen LogP contribution in [-0.2, 0) is 4.79 Å². The number of nitrogens with one attached hydrogen (secondary N) is 2. The third kappa shape index (κ3) is 5.68. The van der Waals surface area contributed by atoms with E-state index in [1.807, 2.05) is 58.0 Å². The van der Waals surface area contributed by atoms with Crippen molar-refractivity contribution < 1.29 is 14.3 Å². The van der Waals surface area contributed by atoms with E-state index < -0.39 is 0 Å². The second-order valence-corrected chi connectivity index (χ2v) is 8.34. The number of anilines is 2. The van der Waals surface area contributed by atoms with Gasteiger partial charge in [0, 0.05) is 22.0 Å². The van der Waals surface area contributed by atoms with Gasteiger partial charge in [-0.3, -0.25) is 9.59 Å². The van der Waals surface area contributed by atoms with E-state index in [1.165, 1.54) is 0 Å². The van der Waals surface area contributed by atoms with Gasteiger partial charge in [-0.25, -0.2) is 0 Å². The number of benzene rings is 3. The molecular formula is C26H27ClN2O3. The lowest BCUT2D eigenvalue weighted by molar-refractivity contribution is -0.118. The summed E-state index contributed by atoms with van der Waals surface area (Å²) in [5, 5.41) is 6.44. The summed E-state index contributed by atoms with van der Waals surface area (Å²) in [6, 6.07) is 18.1. The average Bonchev–Trinajstić information content (AvgIpc) is 2.77. The maximum atomic E-state index is 12.6. The van der Waals surface area contributed by atoms with E-state index >= 15 is 0 Å². The smallest absolute Gasteiger partial charge is 0.262 e. The minimum absolute atomic E-state index is 0.138. The van der Waals surface area contributed by atoms with Gasteiger partial charge in [-0.15, -0.1) is 0 Å². The fourth-order valence-corrected chi connectivity index (χ4v) is 3.44. The van der Waals surface area contributed by atoms with Crippen LogP contribution in [0.4, 0.5) is 11.4 Å². The standard InChI is InChI=1S/C26H27ClN2O3/c1-16(2)20-14-21(27)17(3)13-24(20)32-15-25(30)28-22-11-8-12-23(18(22)4)29-26(31)19-9-6-5-7-10-19/h5-14,16H,15H2,1-4H3,(H,28,30)(H,29,31). The largest absolute Gasteiger partial charge is 0.483 e. The Bertz CT molecular complexity index is 1130. The molecule has 5 nitrogen and oxygen atoms in total. The predicted molar refractivity (Wildman–Crippen MR) is 130 cm³/mol. The van der Waals surface area contributed by atoms with Crippen LogP contribution in [0.5, 0.6) is 5.75 Å². The van der Waals surface area contributed by atoms with Crippen LogP contribution in [-0.4, -0.2) is 18.4 Å². The zero-order valence-corrected chi connectivity index (χ0v) is 19.4. The SMILES string of the molecule is Cc1cc(OCC(=O)Nc2cccc(NC(=O)c3ccccc3)c2C)c(C(C)C)cc1Cl. The van der Waals surface area contributed by atoms with Crippen molar-refractivity contribution >= 4 is 34.8 Å². The van der Waals surface area contributed by atoms with Gasteiger partial charge in [0.15, 0.2) is 6.61 Å². The van der Waals surface area contributed by atoms with E-state index in [9.17, 15) is 9.59 Å². The number of aryl methyl sites for hydroxylation is 1. The lowest BCUT2D eigenvalue weighted by Crippen LogP contribution is -2.21. The summed E-state index contributed by atoms with van der Waals surface area (Å²) >= 11 is 6.24. The van der Waals surface area contributed by atoms with Crippen molar-refractivity contribution in [1.82, 2.24) is 0 Å². The third-order valence-corrected chi connectivity index (χ3v) is 5.57. The molecule has 0 saturated heterocycles. The molecule has 6 heteroatoms. The molecule has 32 heavy (non-hydrogen) atoms. The summed E-state index contributed by atoms with van der Waals surface area (Å²) in [4.78, 5) is 25.0. The maximum absolute atomic E-state index is 12.6. The third-order valence-electron chi connectivity index (χ3n) is 5.16. The van der Waals surface area contributed by atoms with Crippen molar-refractivity contribution in [2.24, 2.45) is 0 Å². The summed E-state index contributed by atoms with van der Waals surface area (Å²) < 4.78 is 5.82. The molecule has 0 radical (unpaired) electrons. The summed E-state index contributed by atoms with van der Waals surface area (Å²) in [7, 11) is 0. The molecule has 0 atom stereocenters. The van der Waals surface area contributed by atoms with E-state index in [0.717, 1.165) is 16.7 Å². The molecule has 0 fully saturated rings. The van der Waals surface area contributed by atoms with Gasteiger partial charge in [0.25, 0.3) is 11.8 Å². The van der Waals surface area contributed by atoms with Crippen molar-refractivity contribution in [3.8, 4) is 5.75 Å². The minimum Gasteiger partial charge on any atom is -0.483 e. The van der Waals surface area contributed by atoms with Gasteiger partial charge in [0.1, 0.15) is 5.75 Å².